The van der Waals surface area contributed by atoms with Crippen LogP contribution in [0.15, 0.2) is 6.33 Å². The van der Waals surface area contributed by atoms with E-state index in [1.807, 2.05) is 18.5 Å². The lowest BCUT2D eigenvalue weighted by Crippen LogP contribution is -2.50. The number of hydrogen-bond acceptors (Lipinski definition) is 4. The van der Waals surface area contributed by atoms with Crippen molar-refractivity contribution in [1.29, 1.82) is 0 Å². The van der Waals surface area contributed by atoms with Gasteiger partial charge in [0.15, 0.2) is 0 Å². The zero-order chi connectivity index (χ0) is 13.1. The first-order chi connectivity index (χ1) is 8.61. The van der Waals surface area contributed by atoms with E-state index in [0.29, 0.717) is 6.54 Å². The van der Waals surface area contributed by atoms with Gasteiger partial charge in [-0.1, -0.05) is 20.3 Å². The first kappa shape index (κ1) is 13.0. The minimum absolute atomic E-state index is 0.0575. The van der Waals surface area contributed by atoms with Gasteiger partial charge in [-0.3, -0.25) is 4.79 Å². The van der Waals surface area contributed by atoms with Crippen molar-refractivity contribution in [3.8, 4) is 0 Å². The monoisotopic (exact) mass is 251 g/mol. The summed E-state index contributed by atoms with van der Waals surface area (Å²) < 4.78 is 1.85. The predicted octanol–water partition coefficient (Wildman–Crippen LogP) is 0.0825. The zero-order valence-corrected chi connectivity index (χ0v) is 11.0. The molecule has 0 saturated carbocycles. The number of carbonyl (C=O) groups is 1. The van der Waals surface area contributed by atoms with Crippen LogP contribution in [-0.2, 0) is 17.8 Å². The van der Waals surface area contributed by atoms with Crippen molar-refractivity contribution < 1.29 is 4.79 Å². The van der Waals surface area contributed by atoms with Gasteiger partial charge in [-0.25, -0.2) is 9.67 Å². The molecule has 0 spiro atoms. The summed E-state index contributed by atoms with van der Waals surface area (Å²) in [5.74, 6) is 1.14. The van der Waals surface area contributed by atoms with Crippen molar-refractivity contribution in [3.63, 3.8) is 0 Å². The maximum atomic E-state index is 12.0. The van der Waals surface area contributed by atoms with Crippen molar-refractivity contribution >= 4 is 5.91 Å². The Balaban J connectivity index is 1.90. The quantitative estimate of drug-likeness (QED) is 0.793. The van der Waals surface area contributed by atoms with Crippen molar-refractivity contribution in [2.24, 2.45) is 11.7 Å². The lowest BCUT2D eigenvalue weighted by Gasteiger charge is -2.26. The normalized spacial score (nSPS) is 22.1. The Labute approximate surface area is 107 Å². The van der Waals surface area contributed by atoms with Gasteiger partial charge in [0.1, 0.15) is 12.2 Å². The van der Waals surface area contributed by atoms with Crippen LogP contribution in [0, 0.1) is 5.92 Å². The van der Waals surface area contributed by atoms with Crippen LogP contribution in [-0.4, -0.2) is 32.8 Å². The molecule has 2 heterocycles. The molecule has 3 atom stereocenters. The first-order valence-electron chi connectivity index (χ1n) is 6.54. The molecule has 1 amide bonds. The van der Waals surface area contributed by atoms with Crippen LogP contribution in [0.3, 0.4) is 0 Å². The van der Waals surface area contributed by atoms with Gasteiger partial charge >= 0.3 is 0 Å². The van der Waals surface area contributed by atoms with Gasteiger partial charge in [0.2, 0.25) is 5.91 Å². The Morgan fingerprint density at radius 2 is 2.50 bits per heavy atom. The fourth-order valence-corrected chi connectivity index (χ4v) is 2.17. The summed E-state index contributed by atoms with van der Waals surface area (Å²) in [6.07, 6.45) is 4.22. The van der Waals surface area contributed by atoms with E-state index in [2.05, 4.69) is 15.4 Å². The lowest BCUT2D eigenvalue weighted by molar-refractivity contribution is -0.124. The number of nitrogens with one attached hydrogen (secondary N) is 1. The van der Waals surface area contributed by atoms with Gasteiger partial charge in [-0.2, -0.15) is 5.10 Å². The van der Waals surface area contributed by atoms with Crippen molar-refractivity contribution in [2.75, 3.05) is 0 Å². The van der Waals surface area contributed by atoms with Crippen LogP contribution in [0.5, 0.6) is 0 Å². The summed E-state index contributed by atoms with van der Waals surface area (Å²) in [5, 5.41) is 7.15. The maximum Gasteiger partial charge on any atom is 0.237 e. The second kappa shape index (κ2) is 5.48. The van der Waals surface area contributed by atoms with Crippen LogP contribution in [0.4, 0.5) is 0 Å². The number of amides is 1. The molecule has 18 heavy (non-hydrogen) atoms. The number of nitrogens with two attached hydrogens (primary N) is 1. The molecule has 0 saturated heterocycles. The fraction of sp³-hybridized carbons (Fsp3) is 0.750. The van der Waals surface area contributed by atoms with E-state index in [1.165, 1.54) is 0 Å². The van der Waals surface area contributed by atoms with Crippen LogP contribution < -0.4 is 11.1 Å². The first-order valence-corrected chi connectivity index (χ1v) is 6.54. The molecule has 6 heteroatoms. The van der Waals surface area contributed by atoms with E-state index in [-0.39, 0.29) is 17.9 Å². The van der Waals surface area contributed by atoms with Gasteiger partial charge in [-0.05, 0) is 12.3 Å². The molecule has 1 aliphatic heterocycles. The molecule has 1 aromatic rings. The standard InChI is InChI=1S/C12H21N5O/c1-3-8(2)11(13)12(18)16-9-4-5-10-14-7-15-17(10)6-9/h7-9,11H,3-6,13H2,1-2H3,(H,16,18). The second-order valence-corrected chi connectivity index (χ2v) is 5.01. The molecule has 1 aromatic heterocycles. The molecule has 1 aliphatic rings. The molecule has 0 radical (unpaired) electrons. The summed E-state index contributed by atoms with van der Waals surface area (Å²) in [5.41, 5.74) is 5.92. The summed E-state index contributed by atoms with van der Waals surface area (Å²) in [6, 6.07) is -0.311. The molecular weight excluding hydrogens is 230 g/mol. The third-order valence-corrected chi connectivity index (χ3v) is 3.71. The molecule has 0 aromatic carbocycles. The number of aromatic nitrogens is 3. The molecule has 2 rings (SSSR count). The Kier molecular flexibility index (Phi) is 3.96. The number of fused-ring (bicyclic) bond motifs is 1. The van der Waals surface area contributed by atoms with Crippen LogP contribution in [0.25, 0.3) is 0 Å². The highest BCUT2D eigenvalue weighted by Gasteiger charge is 2.25. The highest BCUT2D eigenvalue weighted by Crippen LogP contribution is 2.12. The molecule has 6 nitrogen and oxygen atoms in total. The molecule has 3 unspecified atom stereocenters. The van der Waals surface area contributed by atoms with Crippen molar-refractivity contribution in [2.45, 2.75) is 51.7 Å². The SMILES string of the molecule is CCC(C)C(N)C(=O)NC1CCc2ncnn2C1. The van der Waals surface area contributed by atoms with E-state index in [9.17, 15) is 4.79 Å². The van der Waals surface area contributed by atoms with E-state index < -0.39 is 6.04 Å². The number of aryl methyl sites for hydroxylation is 1. The second-order valence-electron chi connectivity index (χ2n) is 5.01. The fourth-order valence-electron chi connectivity index (χ4n) is 2.17. The van der Waals surface area contributed by atoms with E-state index in [4.69, 9.17) is 5.73 Å². The van der Waals surface area contributed by atoms with Gasteiger partial charge in [-0.15, -0.1) is 0 Å². The van der Waals surface area contributed by atoms with E-state index >= 15 is 0 Å². The average molecular weight is 251 g/mol. The third kappa shape index (κ3) is 2.69. The highest BCUT2D eigenvalue weighted by molar-refractivity contribution is 5.82. The van der Waals surface area contributed by atoms with Gasteiger partial charge in [0, 0.05) is 12.5 Å². The van der Waals surface area contributed by atoms with Crippen molar-refractivity contribution in [1.82, 2.24) is 20.1 Å². The molecule has 0 aliphatic carbocycles. The molecule has 0 bridgehead atoms. The molecule has 0 fully saturated rings. The summed E-state index contributed by atoms with van der Waals surface area (Å²) in [7, 11) is 0. The average Bonchev–Trinajstić information content (AvgIpc) is 2.84. The zero-order valence-electron chi connectivity index (χ0n) is 11.0. The number of rotatable bonds is 4. The smallest absolute Gasteiger partial charge is 0.237 e. The van der Waals surface area contributed by atoms with E-state index in [0.717, 1.165) is 25.1 Å². The summed E-state index contributed by atoms with van der Waals surface area (Å²) >= 11 is 0. The minimum atomic E-state index is -0.424. The molecule has 100 valence electrons. The highest BCUT2D eigenvalue weighted by atomic mass is 16.2. The van der Waals surface area contributed by atoms with Gasteiger partial charge < -0.3 is 11.1 Å². The Bertz CT molecular complexity index is 416. The van der Waals surface area contributed by atoms with Gasteiger partial charge in [0.25, 0.3) is 0 Å². The van der Waals surface area contributed by atoms with Crippen LogP contribution in [0.1, 0.15) is 32.5 Å². The minimum Gasteiger partial charge on any atom is -0.350 e. The third-order valence-electron chi connectivity index (χ3n) is 3.71. The number of carbonyl (C=O) groups excluding carboxylic acids is 1. The Hall–Kier alpha value is -1.43. The van der Waals surface area contributed by atoms with Crippen LogP contribution in [0.2, 0.25) is 0 Å². The Morgan fingerprint density at radius 1 is 1.72 bits per heavy atom. The predicted molar refractivity (Wildman–Crippen MR) is 67.7 cm³/mol. The number of nitrogens with zero attached hydrogens (tertiary/aromatic N) is 3. The topological polar surface area (TPSA) is 85.8 Å². The Morgan fingerprint density at radius 3 is 3.22 bits per heavy atom. The molecular formula is C12H21N5O. The lowest BCUT2D eigenvalue weighted by atomic mass is 9.98. The number of hydrogen-bond donors (Lipinski definition) is 2. The summed E-state index contributed by atoms with van der Waals surface area (Å²) in [4.78, 5) is 16.1. The summed E-state index contributed by atoms with van der Waals surface area (Å²) in [6.45, 7) is 4.73. The maximum absolute atomic E-state index is 12.0. The van der Waals surface area contributed by atoms with Crippen molar-refractivity contribution in [3.05, 3.63) is 12.2 Å². The van der Waals surface area contributed by atoms with Gasteiger partial charge in [0.05, 0.1) is 12.6 Å². The largest absolute Gasteiger partial charge is 0.350 e. The van der Waals surface area contributed by atoms with Crippen LogP contribution >= 0.6 is 0 Å². The van der Waals surface area contributed by atoms with E-state index in [1.54, 1.807) is 6.33 Å². The molecule has 3 N–H and O–H groups in total.